The molecular formula is C12H13N3OS. The van der Waals surface area contributed by atoms with E-state index in [0.29, 0.717) is 5.56 Å². The number of hydrogen-bond donors (Lipinski definition) is 1. The van der Waals surface area contributed by atoms with Crippen LogP contribution in [0.3, 0.4) is 0 Å². The molecule has 0 aliphatic rings. The lowest BCUT2D eigenvalue weighted by molar-refractivity contribution is 0.102. The van der Waals surface area contributed by atoms with Crippen molar-refractivity contribution in [3.63, 3.8) is 0 Å². The monoisotopic (exact) mass is 247 g/mol. The molecule has 2 rings (SSSR count). The standard InChI is InChI=1S/C12H13N3OS/c1-15-8-9(7-13-15)12(16)14-10-3-5-11(17-2)6-4-10/h3-8H,1-2H3,(H,14,16). The number of nitrogens with zero attached hydrogens (tertiary/aromatic N) is 2. The maximum absolute atomic E-state index is 11.8. The molecule has 0 saturated carbocycles. The predicted molar refractivity (Wildman–Crippen MR) is 69.4 cm³/mol. The van der Waals surface area contributed by atoms with E-state index in [0.717, 1.165) is 5.69 Å². The van der Waals surface area contributed by atoms with Crippen molar-refractivity contribution < 1.29 is 4.79 Å². The van der Waals surface area contributed by atoms with Crippen molar-refractivity contribution in [2.75, 3.05) is 11.6 Å². The minimum absolute atomic E-state index is 0.144. The zero-order valence-corrected chi connectivity index (χ0v) is 10.5. The van der Waals surface area contributed by atoms with Crippen molar-refractivity contribution in [2.24, 2.45) is 7.05 Å². The molecule has 1 heterocycles. The Morgan fingerprint density at radius 3 is 2.59 bits per heavy atom. The van der Waals surface area contributed by atoms with Gasteiger partial charge in [0, 0.05) is 23.8 Å². The lowest BCUT2D eigenvalue weighted by Gasteiger charge is -2.04. The fourth-order valence-electron chi connectivity index (χ4n) is 1.42. The van der Waals surface area contributed by atoms with Gasteiger partial charge in [-0.2, -0.15) is 5.10 Å². The molecule has 88 valence electrons. The second kappa shape index (κ2) is 5.05. The molecule has 1 N–H and O–H groups in total. The summed E-state index contributed by atoms with van der Waals surface area (Å²) in [5.41, 5.74) is 1.35. The summed E-state index contributed by atoms with van der Waals surface area (Å²) in [5, 5.41) is 6.78. The second-order valence-corrected chi connectivity index (χ2v) is 4.46. The Morgan fingerprint density at radius 1 is 1.35 bits per heavy atom. The summed E-state index contributed by atoms with van der Waals surface area (Å²) in [6, 6.07) is 7.73. The first kappa shape index (κ1) is 11.7. The molecular weight excluding hydrogens is 234 g/mol. The van der Waals surface area contributed by atoms with E-state index in [4.69, 9.17) is 0 Å². The Hall–Kier alpha value is -1.75. The highest BCUT2D eigenvalue weighted by atomic mass is 32.2. The van der Waals surface area contributed by atoms with Crippen molar-refractivity contribution in [3.8, 4) is 0 Å². The zero-order chi connectivity index (χ0) is 12.3. The first-order chi connectivity index (χ1) is 8.19. The van der Waals surface area contributed by atoms with E-state index < -0.39 is 0 Å². The quantitative estimate of drug-likeness (QED) is 0.847. The Balaban J connectivity index is 2.07. The minimum atomic E-state index is -0.144. The van der Waals surface area contributed by atoms with Crippen LogP contribution in [0.15, 0.2) is 41.6 Å². The van der Waals surface area contributed by atoms with Crippen LogP contribution >= 0.6 is 11.8 Å². The molecule has 0 bridgehead atoms. The van der Waals surface area contributed by atoms with Gasteiger partial charge in [-0.1, -0.05) is 0 Å². The predicted octanol–water partition coefficient (Wildman–Crippen LogP) is 2.39. The number of amides is 1. The molecule has 4 nitrogen and oxygen atoms in total. The van der Waals surface area contributed by atoms with Gasteiger partial charge in [-0.15, -0.1) is 11.8 Å². The Bertz CT molecular complexity index is 519. The molecule has 5 heteroatoms. The highest BCUT2D eigenvalue weighted by Gasteiger charge is 2.07. The van der Waals surface area contributed by atoms with Crippen molar-refractivity contribution >= 4 is 23.4 Å². The number of thioether (sulfide) groups is 1. The number of nitrogens with one attached hydrogen (secondary N) is 1. The largest absolute Gasteiger partial charge is 0.322 e. The van der Waals surface area contributed by atoms with Gasteiger partial charge in [0.25, 0.3) is 5.91 Å². The number of benzene rings is 1. The van der Waals surface area contributed by atoms with Gasteiger partial charge in [0.15, 0.2) is 0 Å². The Morgan fingerprint density at radius 2 is 2.06 bits per heavy atom. The third-order valence-electron chi connectivity index (χ3n) is 2.31. The number of anilines is 1. The van der Waals surface area contributed by atoms with Crippen LogP contribution in [-0.2, 0) is 7.05 Å². The van der Waals surface area contributed by atoms with E-state index in [-0.39, 0.29) is 5.91 Å². The summed E-state index contributed by atoms with van der Waals surface area (Å²) in [7, 11) is 1.78. The maximum atomic E-state index is 11.8. The average molecular weight is 247 g/mol. The van der Waals surface area contributed by atoms with Crippen LogP contribution in [0.5, 0.6) is 0 Å². The van der Waals surface area contributed by atoms with Gasteiger partial charge >= 0.3 is 0 Å². The van der Waals surface area contributed by atoms with E-state index in [1.165, 1.54) is 4.90 Å². The number of aromatic nitrogens is 2. The summed E-state index contributed by atoms with van der Waals surface area (Å²) < 4.78 is 1.60. The first-order valence-corrected chi connectivity index (χ1v) is 6.35. The Kier molecular flexibility index (Phi) is 3.49. The minimum Gasteiger partial charge on any atom is -0.322 e. The SMILES string of the molecule is CSc1ccc(NC(=O)c2cnn(C)c2)cc1. The topological polar surface area (TPSA) is 46.9 Å². The highest BCUT2D eigenvalue weighted by molar-refractivity contribution is 7.98. The normalized spacial score (nSPS) is 10.2. The fraction of sp³-hybridized carbons (Fsp3) is 0.167. The van der Waals surface area contributed by atoms with E-state index in [1.807, 2.05) is 30.5 Å². The second-order valence-electron chi connectivity index (χ2n) is 3.59. The van der Waals surface area contributed by atoms with Crippen molar-refractivity contribution in [3.05, 3.63) is 42.2 Å². The van der Waals surface area contributed by atoms with Crippen LogP contribution in [0.2, 0.25) is 0 Å². The van der Waals surface area contributed by atoms with Crippen LogP contribution in [0.1, 0.15) is 10.4 Å². The van der Waals surface area contributed by atoms with Gasteiger partial charge in [0.2, 0.25) is 0 Å². The molecule has 0 atom stereocenters. The van der Waals surface area contributed by atoms with Crippen LogP contribution in [0, 0.1) is 0 Å². The van der Waals surface area contributed by atoms with Crippen LogP contribution in [0.25, 0.3) is 0 Å². The van der Waals surface area contributed by atoms with Gasteiger partial charge in [-0.3, -0.25) is 9.48 Å². The molecule has 1 aromatic carbocycles. The Labute approximate surface area is 104 Å². The van der Waals surface area contributed by atoms with Gasteiger partial charge in [0.1, 0.15) is 0 Å². The smallest absolute Gasteiger partial charge is 0.258 e. The molecule has 0 saturated heterocycles. The van der Waals surface area contributed by atoms with Crippen LogP contribution < -0.4 is 5.32 Å². The van der Waals surface area contributed by atoms with Crippen LogP contribution in [-0.4, -0.2) is 21.9 Å². The summed E-state index contributed by atoms with van der Waals surface area (Å²) >= 11 is 1.67. The van der Waals surface area contributed by atoms with E-state index in [2.05, 4.69) is 10.4 Å². The molecule has 0 aliphatic heterocycles. The molecule has 0 fully saturated rings. The fourth-order valence-corrected chi connectivity index (χ4v) is 1.82. The van der Waals surface area contributed by atoms with Gasteiger partial charge in [0.05, 0.1) is 11.8 Å². The number of carbonyl (C=O) groups excluding carboxylic acids is 1. The molecule has 1 amide bonds. The first-order valence-electron chi connectivity index (χ1n) is 5.13. The highest BCUT2D eigenvalue weighted by Crippen LogP contribution is 2.17. The number of hydrogen-bond acceptors (Lipinski definition) is 3. The molecule has 2 aromatic rings. The maximum Gasteiger partial charge on any atom is 0.258 e. The van der Waals surface area contributed by atoms with Crippen molar-refractivity contribution in [1.82, 2.24) is 9.78 Å². The third-order valence-corrected chi connectivity index (χ3v) is 3.06. The summed E-state index contributed by atoms with van der Waals surface area (Å²) in [4.78, 5) is 13.0. The van der Waals surface area contributed by atoms with Crippen molar-refractivity contribution in [1.29, 1.82) is 0 Å². The number of rotatable bonds is 3. The van der Waals surface area contributed by atoms with Crippen LogP contribution in [0.4, 0.5) is 5.69 Å². The van der Waals surface area contributed by atoms with Gasteiger partial charge in [-0.25, -0.2) is 0 Å². The summed E-state index contributed by atoms with van der Waals surface area (Å²) in [6.45, 7) is 0. The molecule has 0 aliphatic carbocycles. The van der Waals surface area contributed by atoms with E-state index in [9.17, 15) is 4.79 Å². The number of aryl methyl sites for hydroxylation is 1. The number of carbonyl (C=O) groups is 1. The van der Waals surface area contributed by atoms with Gasteiger partial charge in [-0.05, 0) is 30.5 Å². The molecule has 0 radical (unpaired) electrons. The molecule has 0 spiro atoms. The molecule has 0 unspecified atom stereocenters. The summed E-state index contributed by atoms with van der Waals surface area (Å²) in [6.07, 6.45) is 5.25. The average Bonchev–Trinajstić information content (AvgIpc) is 2.77. The molecule has 17 heavy (non-hydrogen) atoms. The summed E-state index contributed by atoms with van der Waals surface area (Å²) in [5.74, 6) is -0.144. The zero-order valence-electron chi connectivity index (χ0n) is 9.68. The van der Waals surface area contributed by atoms with E-state index >= 15 is 0 Å². The van der Waals surface area contributed by atoms with Crippen molar-refractivity contribution in [2.45, 2.75) is 4.90 Å². The lowest BCUT2D eigenvalue weighted by atomic mass is 10.3. The lowest BCUT2D eigenvalue weighted by Crippen LogP contribution is -2.10. The van der Waals surface area contributed by atoms with Gasteiger partial charge < -0.3 is 5.32 Å². The van der Waals surface area contributed by atoms with E-state index in [1.54, 1.807) is 35.9 Å². The molecule has 1 aromatic heterocycles. The third kappa shape index (κ3) is 2.88.